The van der Waals surface area contributed by atoms with Crippen LogP contribution in [0.4, 0.5) is 5.69 Å². The number of aryl methyl sites for hydroxylation is 2. The lowest BCUT2D eigenvalue weighted by Gasteiger charge is -2.38. The minimum absolute atomic E-state index is 0.0166. The van der Waals surface area contributed by atoms with E-state index in [1.807, 2.05) is 56.3 Å². The van der Waals surface area contributed by atoms with Gasteiger partial charge in [0.15, 0.2) is 0 Å². The number of nitrogens with one attached hydrogen (secondary N) is 2. The molecule has 2 N–H and O–H groups in total. The number of carbonyl (C=O) groups is 2. The van der Waals surface area contributed by atoms with Crippen molar-refractivity contribution in [2.24, 2.45) is 0 Å². The van der Waals surface area contributed by atoms with Crippen molar-refractivity contribution >= 4 is 17.5 Å². The molecule has 0 aliphatic carbocycles. The van der Waals surface area contributed by atoms with Crippen molar-refractivity contribution in [2.75, 3.05) is 52.2 Å². The first-order valence-corrected chi connectivity index (χ1v) is 10.6. The van der Waals surface area contributed by atoms with E-state index >= 15 is 0 Å². The number of carbonyl (C=O) groups excluding carboxylic acids is 2. The topological polar surface area (TPSA) is 73.9 Å². The zero-order chi connectivity index (χ0) is 22.4. The molecule has 1 atom stereocenters. The first kappa shape index (κ1) is 22.8. The number of likely N-dealkylation sites (N-methyl/N-ethyl adjacent to an activating group) is 1. The van der Waals surface area contributed by atoms with Gasteiger partial charge in [0.1, 0.15) is 5.75 Å². The quantitative estimate of drug-likeness (QED) is 0.697. The van der Waals surface area contributed by atoms with Crippen molar-refractivity contribution in [1.29, 1.82) is 0 Å². The number of piperazine rings is 1. The highest BCUT2D eigenvalue weighted by Gasteiger charge is 2.25. The maximum absolute atomic E-state index is 12.5. The highest BCUT2D eigenvalue weighted by atomic mass is 16.5. The van der Waals surface area contributed by atoms with Crippen LogP contribution in [-0.2, 0) is 9.59 Å². The molecule has 1 saturated heterocycles. The summed E-state index contributed by atoms with van der Waals surface area (Å²) in [6.07, 6.45) is 0. The number of nitrogens with zero attached hydrogens (tertiary/aromatic N) is 2. The molecule has 0 spiro atoms. The molecule has 7 heteroatoms. The summed E-state index contributed by atoms with van der Waals surface area (Å²) in [4.78, 5) is 29.7. The predicted octanol–water partition coefficient (Wildman–Crippen LogP) is 2.36. The fraction of sp³-hybridized carbons (Fsp3) is 0.417. The van der Waals surface area contributed by atoms with Crippen LogP contribution in [0.1, 0.15) is 22.7 Å². The van der Waals surface area contributed by atoms with E-state index in [2.05, 4.69) is 27.5 Å². The Morgan fingerprint density at radius 1 is 1.00 bits per heavy atom. The van der Waals surface area contributed by atoms with Gasteiger partial charge in [-0.1, -0.05) is 24.3 Å². The van der Waals surface area contributed by atoms with Crippen molar-refractivity contribution in [3.05, 3.63) is 59.2 Å². The Labute approximate surface area is 184 Å². The Balaban J connectivity index is 1.67. The smallest absolute Gasteiger partial charge is 0.313 e. The summed E-state index contributed by atoms with van der Waals surface area (Å²) < 4.78 is 5.27. The summed E-state index contributed by atoms with van der Waals surface area (Å²) in [5, 5.41) is 5.56. The third-order valence-corrected chi connectivity index (χ3v) is 5.78. The molecule has 0 aromatic heterocycles. The van der Waals surface area contributed by atoms with Gasteiger partial charge in [-0.2, -0.15) is 0 Å². The lowest BCUT2D eigenvalue weighted by atomic mass is 10.0. The average Bonchev–Trinajstić information content (AvgIpc) is 2.77. The molecule has 2 amide bonds. The molecule has 1 unspecified atom stereocenters. The second-order valence-corrected chi connectivity index (χ2v) is 8.11. The molecule has 166 valence electrons. The average molecular weight is 425 g/mol. The normalized spacial score (nSPS) is 15.9. The molecule has 0 bridgehead atoms. The maximum Gasteiger partial charge on any atom is 0.313 e. The van der Waals surface area contributed by atoms with Crippen LogP contribution in [0.2, 0.25) is 0 Å². The van der Waals surface area contributed by atoms with Crippen molar-refractivity contribution in [3.63, 3.8) is 0 Å². The monoisotopic (exact) mass is 424 g/mol. The Kier molecular flexibility index (Phi) is 7.65. The molecule has 7 nitrogen and oxygen atoms in total. The molecule has 1 aliphatic rings. The second kappa shape index (κ2) is 10.4. The fourth-order valence-electron chi connectivity index (χ4n) is 3.74. The summed E-state index contributed by atoms with van der Waals surface area (Å²) in [6.45, 7) is 7.94. The van der Waals surface area contributed by atoms with Gasteiger partial charge in [0.2, 0.25) is 0 Å². The third kappa shape index (κ3) is 6.06. The number of amides is 2. The maximum atomic E-state index is 12.5. The lowest BCUT2D eigenvalue weighted by molar-refractivity contribution is -0.136. The molecule has 1 aliphatic heterocycles. The Morgan fingerprint density at radius 2 is 1.68 bits per heavy atom. The second-order valence-electron chi connectivity index (χ2n) is 8.11. The first-order valence-electron chi connectivity index (χ1n) is 10.6. The summed E-state index contributed by atoms with van der Waals surface area (Å²) in [7, 11) is 3.75. The van der Waals surface area contributed by atoms with Crippen LogP contribution >= 0.6 is 0 Å². The van der Waals surface area contributed by atoms with Crippen molar-refractivity contribution < 1.29 is 14.3 Å². The highest BCUT2D eigenvalue weighted by Crippen LogP contribution is 2.24. The van der Waals surface area contributed by atoms with E-state index in [-0.39, 0.29) is 6.04 Å². The van der Waals surface area contributed by atoms with Crippen LogP contribution in [-0.4, -0.2) is 68.5 Å². The van der Waals surface area contributed by atoms with Gasteiger partial charge < -0.3 is 20.3 Å². The zero-order valence-electron chi connectivity index (χ0n) is 18.8. The molecule has 31 heavy (non-hydrogen) atoms. The zero-order valence-corrected chi connectivity index (χ0v) is 18.8. The molecular weight excluding hydrogens is 392 g/mol. The van der Waals surface area contributed by atoms with Gasteiger partial charge >= 0.3 is 11.8 Å². The predicted molar refractivity (Wildman–Crippen MR) is 122 cm³/mol. The molecule has 1 fully saturated rings. The summed E-state index contributed by atoms with van der Waals surface area (Å²) in [5.41, 5.74) is 3.68. The number of ether oxygens (including phenoxy) is 1. The SMILES string of the molecule is COc1ccc(C(CNC(=O)C(=O)Nc2cc(C)ccc2C)N2CCN(C)CC2)cc1. The van der Waals surface area contributed by atoms with E-state index in [0.29, 0.717) is 12.2 Å². The molecule has 1 heterocycles. The number of hydrogen-bond acceptors (Lipinski definition) is 5. The van der Waals surface area contributed by atoms with E-state index in [0.717, 1.165) is 48.6 Å². The lowest BCUT2D eigenvalue weighted by Crippen LogP contribution is -2.49. The highest BCUT2D eigenvalue weighted by molar-refractivity contribution is 6.39. The van der Waals surface area contributed by atoms with E-state index in [1.165, 1.54) is 0 Å². The van der Waals surface area contributed by atoms with Gasteiger partial charge in [-0.25, -0.2) is 0 Å². The van der Waals surface area contributed by atoms with Gasteiger partial charge in [-0.3, -0.25) is 14.5 Å². The van der Waals surface area contributed by atoms with Crippen molar-refractivity contribution in [2.45, 2.75) is 19.9 Å². The van der Waals surface area contributed by atoms with Crippen LogP contribution in [0, 0.1) is 13.8 Å². The van der Waals surface area contributed by atoms with Gasteiger partial charge in [-0.05, 0) is 55.8 Å². The van der Waals surface area contributed by atoms with Crippen LogP contribution in [0.5, 0.6) is 5.75 Å². The first-order chi connectivity index (χ1) is 14.9. The number of anilines is 1. The summed E-state index contributed by atoms with van der Waals surface area (Å²) in [6, 6.07) is 13.6. The van der Waals surface area contributed by atoms with Gasteiger partial charge in [0.05, 0.1) is 13.2 Å². The minimum atomic E-state index is -0.652. The Morgan fingerprint density at radius 3 is 2.32 bits per heavy atom. The van der Waals surface area contributed by atoms with Crippen LogP contribution in [0.3, 0.4) is 0 Å². The number of rotatable bonds is 6. The molecular formula is C24H32N4O3. The van der Waals surface area contributed by atoms with Crippen molar-refractivity contribution in [3.8, 4) is 5.75 Å². The molecule has 0 radical (unpaired) electrons. The Hall–Kier alpha value is -2.90. The molecule has 0 saturated carbocycles. The molecule has 3 rings (SSSR count). The number of benzene rings is 2. The molecule has 2 aromatic rings. The van der Waals surface area contributed by atoms with E-state index in [9.17, 15) is 9.59 Å². The summed E-state index contributed by atoms with van der Waals surface area (Å²) >= 11 is 0. The number of hydrogen-bond donors (Lipinski definition) is 2. The largest absolute Gasteiger partial charge is 0.497 e. The number of methoxy groups -OCH3 is 1. The minimum Gasteiger partial charge on any atom is -0.497 e. The van der Waals surface area contributed by atoms with Gasteiger partial charge in [0, 0.05) is 38.4 Å². The Bertz CT molecular complexity index is 906. The third-order valence-electron chi connectivity index (χ3n) is 5.78. The standard InChI is InChI=1S/C24H32N4O3/c1-17-5-6-18(2)21(15-17)26-24(30)23(29)25-16-22(28-13-11-27(3)12-14-28)19-7-9-20(31-4)10-8-19/h5-10,15,22H,11-14,16H2,1-4H3,(H,25,29)(H,26,30). The molecule has 2 aromatic carbocycles. The van der Waals surface area contributed by atoms with Gasteiger partial charge in [-0.15, -0.1) is 0 Å². The van der Waals surface area contributed by atoms with Crippen molar-refractivity contribution in [1.82, 2.24) is 15.1 Å². The van der Waals surface area contributed by atoms with E-state index in [4.69, 9.17) is 4.74 Å². The van der Waals surface area contributed by atoms with Crippen LogP contribution < -0.4 is 15.4 Å². The van der Waals surface area contributed by atoms with E-state index in [1.54, 1.807) is 7.11 Å². The van der Waals surface area contributed by atoms with Crippen LogP contribution in [0.15, 0.2) is 42.5 Å². The van der Waals surface area contributed by atoms with Gasteiger partial charge in [0.25, 0.3) is 0 Å². The van der Waals surface area contributed by atoms with E-state index < -0.39 is 11.8 Å². The fourth-order valence-corrected chi connectivity index (χ4v) is 3.74. The summed E-state index contributed by atoms with van der Waals surface area (Å²) in [5.74, 6) is -0.494. The van der Waals surface area contributed by atoms with Crippen LogP contribution in [0.25, 0.3) is 0 Å².